The van der Waals surface area contributed by atoms with Crippen LogP contribution in [0.1, 0.15) is 16.7 Å². The minimum absolute atomic E-state index is 1.04. The van der Waals surface area contributed by atoms with Gasteiger partial charge in [-0.15, -0.1) is 11.8 Å². The molecule has 0 aromatic heterocycles. The lowest BCUT2D eigenvalue weighted by Gasteiger charge is -2.01. The monoisotopic (exact) mass is 192 g/mol. The highest BCUT2D eigenvalue weighted by Crippen LogP contribution is 2.10. The van der Waals surface area contributed by atoms with Gasteiger partial charge in [-0.05, 0) is 37.5 Å². The summed E-state index contributed by atoms with van der Waals surface area (Å²) in [5, 5.41) is 2.14. The van der Waals surface area contributed by atoms with Gasteiger partial charge in [-0.1, -0.05) is 35.4 Å². The van der Waals surface area contributed by atoms with E-state index in [0.717, 1.165) is 6.42 Å². The second-order valence-corrected chi connectivity index (χ2v) is 4.05. The molecule has 0 aliphatic heterocycles. The molecular formula is C12H16S. The first-order chi connectivity index (χ1) is 6.22. The molecule has 0 atom stereocenters. The van der Waals surface area contributed by atoms with E-state index in [1.807, 2.05) is 0 Å². The largest absolute Gasteiger partial charge is 0.138 e. The summed E-state index contributed by atoms with van der Waals surface area (Å²) in [5.74, 6) is 0. The lowest BCUT2D eigenvalue weighted by molar-refractivity contribution is 1.23. The van der Waals surface area contributed by atoms with E-state index in [2.05, 4.69) is 49.8 Å². The molecule has 1 rings (SSSR count). The van der Waals surface area contributed by atoms with E-state index >= 15 is 0 Å². The summed E-state index contributed by atoms with van der Waals surface area (Å²) in [6, 6.07) is 6.71. The van der Waals surface area contributed by atoms with Crippen LogP contribution in [0.15, 0.2) is 29.7 Å². The number of thioether (sulfide) groups is 1. The van der Waals surface area contributed by atoms with Gasteiger partial charge < -0.3 is 0 Å². The Kier molecular flexibility index (Phi) is 4.10. The molecule has 0 aliphatic carbocycles. The Labute approximate surface area is 85.1 Å². The summed E-state index contributed by atoms with van der Waals surface area (Å²) < 4.78 is 0. The predicted molar refractivity (Wildman–Crippen MR) is 62.3 cm³/mol. The van der Waals surface area contributed by atoms with Crippen LogP contribution in [-0.2, 0) is 6.42 Å². The smallest absolute Gasteiger partial charge is 0.00891 e. The fourth-order valence-electron chi connectivity index (χ4n) is 1.47. The average Bonchev–Trinajstić information content (AvgIpc) is 2.03. The number of benzene rings is 1. The Balaban J connectivity index is 2.71. The zero-order valence-corrected chi connectivity index (χ0v) is 9.32. The van der Waals surface area contributed by atoms with E-state index < -0.39 is 0 Å². The molecule has 1 aromatic carbocycles. The van der Waals surface area contributed by atoms with Crippen molar-refractivity contribution in [2.24, 2.45) is 0 Å². The highest BCUT2D eigenvalue weighted by Gasteiger charge is 1.92. The Hall–Kier alpha value is -0.690. The molecule has 0 saturated carbocycles. The standard InChI is InChI=1S/C12H16S/c1-10-7-11(2)9-12(8-10)5-4-6-13-3/h4,6-9H,5H2,1-3H3/b6-4+. The van der Waals surface area contributed by atoms with Crippen molar-refractivity contribution in [1.82, 2.24) is 0 Å². The molecule has 0 amide bonds. The molecule has 0 bridgehead atoms. The molecule has 0 aliphatic rings. The molecule has 0 saturated heterocycles. The Morgan fingerprint density at radius 2 is 1.77 bits per heavy atom. The molecular weight excluding hydrogens is 176 g/mol. The van der Waals surface area contributed by atoms with E-state index in [-0.39, 0.29) is 0 Å². The van der Waals surface area contributed by atoms with Crippen LogP contribution in [0.5, 0.6) is 0 Å². The summed E-state index contributed by atoms with van der Waals surface area (Å²) in [6.45, 7) is 4.30. The van der Waals surface area contributed by atoms with Gasteiger partial charge in [0.2, 0.25) is 0 Å². The molecule has 0 heterocycles. The van der Waals surface area contributed by atoms with Crippen molar-refractivity contribution in [3.63, 3.8) is 0 Å². The lowest BCUT2D eigenvalue weighted by atomic mass is 10.1. The van der Waals surface area contributed by atoms with Gasteiger partial charge in [-0.2, -0.15) is 0 Å². The zero-order chi connectivity index (χ0) is 9.68. The topological polar surface area (TPSA) is 0 Å². The minimum Gasteiger partial charge on any atom is -0.138 e. The number of hydrogen-bond acceptors (Lipinski definition) is 1. The molecule has 1 heteroatoms. The van der Waals surface area contributed by atoms with Crippen molar-refractivity contribution in [2.45, 2.75) is 20.3 Å². The third-order valence-electron chi connectivity index (χ3n) is 1.87. The van der Waals surface area contributed by atoms with E-state index in [0.29, 0.717) is 0 Å². The van der Waals surface area contributed by atoms with Gasteiger partial charge in [0.25, 0.3) is 0 Å². The molecule has 0 radical (unpaired) electrons. The number of allylic oxidation sites excluding steroid dienone is 1. The summed E-state index contributed by atoms with van der Waals surface area (Å²) in [5.41, 5.74) is 4.11. The van der Waals surface area contributed by atoms with Crippen LogP contribution in [-0.4, -0.2) is 6.26 Å². The molecule has 0 nitrogen and oxygen atoms in total. The summed E-state index contributed by atoms with van der Waals surface area (Å²) in [6.07, 6.45) is 5.33. The van der Waals surface area contributed by atoms with Gasteiger partial charge in [0.05, 0.1) is 0 Å². The molecule has 0 fully saturated rings. The Morgan fingerprint density at radius 1 is 1.15 bits per heavy atom. The molecule has 0 N–H and O–H groups in total. The van der Waals surface area contributed by atoms with Crippen LogP contribution in [0.3, 0.4) is 0 Å². The Morgan fingerprint density at radius 3 is 2.31 bits per heavy atom. The minimum atomic E-state index is 1.04. The third kappa shape index (κ3) is 3.69. The number of hydrogen-bond donors (Lipinski definition) is 0. The van der Waals surface area contributed by atoms with Crippen molar-refractivity contribution in [3.8, 4) is 0 Å². The van der Waals surface area contributed by atoms with E-state index in [1.165, 1.54) is 16.7 Å². The van der Waals surface area contributed by atoms with Gasteiger partial charge in [0.15, 0.2) is 0 Å². The van der Waals surface area contributed by atoms with E-state index in [9.17, 15) is 0 Å². The van der Waals surface area contributed by atoms with Gasteiger partial charge >= 0.3 is 0 Å². The van der Waals surface area contributed by atoms with Gasteiger partial charge in [0.1, 0.15) is 0 Å². The fourth-order valence-corrected chi connectivity index (χ4v) is 1.76. The van der Waals surface area contributed by atoms with Crippen LogP contribution in [0.2, 0.25) is 0 Å². The average molecular weight is 192 g/mol. The maximum atomic E-state index is 2.25. The highest BCUT2D eigenvalue weighted by atomic mass is 32.2. The first-order valence-corrected chi connectivity index (χ1v) is 5.76. The van der Waals surface area contributed by atoms with Crippen molar-refractivity contribution >= 4 is 11.8 Å². The maximum Gasteiger partial charge on any atom is -0.00891 e. The van der Waals surface area contributed by atoms with Crippen LogP contribution in [0.4, 0.5) is 0 Å². The van der Waals surface area contributed by atoms with Crippen molar-refractivity contribution in [3.05, 3.63) is 46.4 Å². The molecule has 13 heavy (non-hydrogen) atoms. The zero-order valence-electron chi connectivity index (χ0n) is 8.50. The van der Waals surface area contributed by atoms with Gasteiger partial charge in [-0.25, -0.2) is 0 Å². The number of rotatable bonds is 3. The van der Waals surface area contributed by atoms with Crippen molar-refractivity contribution < 1.29 is 0 Å². The molecule has 1 aromatic rings. The van der Waals surface area contributed by atoms with Crippen molar-refractivity contribution in [1.29, 1.82) is 0 Å². The second-order valence-electron chi connectivity index (χ2n) is 3.31. The summed E-state index contributed by atoms with van der Waals surface area (Å²) in [4.78, 5) is 0. The predicted octanol–water partition coefficient (Wildman–Crippen LogP) is 3.72. The fraction of sp³-hybridized carbons (Fsp3) is 0.333. The SMILES string of the molecule is CS/C=C/Cc1cc(C)cc(C)c1. The van der Waals surface area contributed by atoms with Crippen molar-refractivity contribution in [2.75, 3.05) is 6.26 Å². The summed E-state index contributed by atoms with van der Waals surface area (Å²) >= 11 is 1.75. The summed E-state index contributed by atoms with van der Waals surface area (Å²) in [7, 11) is 0. The van der Waals surface area contributed by atoms with Gasteiger partial charge in [-0.3, -0.25) is 0 Å². The van der Waals surface area contributed by atoms with E-state index in [4.69, 9.17) is 0 Å². The first-order valence-electron chi connectivity index (χ1n) is 4.47. The quantitative estimate of drug-likeness (QED) is 0.703. The number of aryl methyl sites for hydroxylation is 2. The molecule has 0 spiro atoms. The molecule has 70 valence electrons. The third-order valence-corrected chi connectivity index (χ3v) is 2.33. The first kappa shape index (κ1) is 10.4. The van der Waals surface area contributed by atoms with Crippen LogP contribution < -0.4 is 0 Å². The van der Waals surface area contributed by atoms with Crippen LogP contribution >= 0.6 is 11.8 Å². The van der Waals surface area contributed by atoms with Crippen LogP contribution in [0, 0.1) is 13.8 Å². The normalized spacial score (nSPS) is 11.0. The maximum absolute atomic E-state index is 2.25. The van der Waals surface area contributed by atoms with Gasteiger partial charge in [0, 0.05) is 0 Å². The molecule has 0 unspecified atom stereocenters. The highest BCUT2D eigenvalue weighted by molar-refractivity contribution is 8.01. The van der Waals surface area contributed by atoms with E-state index in [1.54, 1.807) is 11.8 Å². The second kappa shape index (κ2) is 5.13. The van der Waals surface area contributed by atoms with Crippen LogP contribution in [0.25, 0.3) is 0 Å². The lowest BCUT2D eigenvalue weighted by Crippen LogP contribution is -1.84. The Bertz CT molecular complexity index is 280.